The van der Waals surface area contributed by atoms with Crippen molar-refractivity contribution in [2.75, 3.05) is 37.4 Å². The molecule has 1 aromatic carbocycles. The van der Waals surface area contributed by atoms with Gasteiger partial charge in [-0.05, 0) is 40.5 Å². The molecule has 0 aromatic heterocycles. The number of nitrogens with zero attached hydrogens (tertiary/aromatic N) is 1. The highest BCUT2D eigenvalue weighted by molar-refractivity contribution is 9.10. The van der Waals surface area contributed by atoms with Crippen LogP contribution in [-0.2, 0) is 19.6 Å². The Balaban J connectivity index is 2.95. The van der Waals surface area contributed by atoms with Gasteiger partial charge in [0.25, 0.3) is 0 Å². The highest BCUT2D eigenvalue weighted by Crippen LogP contribution is 2.28. The van der Waals surface area contributed by atoms with E-state index >= 15 is 0 Å². The van der Waals surface area contributed by atoms with Crippen LogP contribution in [0.15, 0.2) is 22.7 Å². The molecule has 1 amide bonds. The third-order valence-electron chi connectivity index (χ3n) is 2.69. The number of ether oxygens (including phenoxy) is 1. The summed E-state index contributed by atoms with van der Waals surface area (Å²) < 4.78 is 30.4. The van der Waals surface area contributed by atoms with Crippen LogP contribution in [0.3, 0.4) is 0 Å². The van der Waals surface area contributed by atoms with Gasteiger partial charge in [0.1, 0.15) is 6.54 Å². The normalized spacial score (nSPS) is 11.2. The van der Waals surface area contributed by atoms with Crippen molar-refractivity contribution in [3.8, 4) is 0 Å². The molecule has 0 fully saturated rings. The van der Waals surface area contributed by atoms with Gasteiger partial charge < -0.3 is 10.1 Å². The van der Waals surface area contributed by atoms with E-state index in [1.165, 1.54) is 7.11 Å². The third kappa shape index (κ3) is 5.64. The predicted molar refractivity (Wildman–Crippen MR) is 86.0 cm³/mol. The average molecular weight is 379 g/mol. The van der Waals surface area contributed by atoms with Crippen LogP contribution in [0.4, 0.5) is 5.69 Å². The van der Waals surface area contributed by atoms with Crippen molar-refractivity contribution >= 4 is 37.5 Å². The summed E-state index contributed by atoms with van der Waals surface area (Å²) in [5.74, 6) is -0.384. The van der Waals surface area contributed by atoms with E-state index in [9.17, 15) is 13.2 Å². The van der Waals surface area contributed by atoms with Gasteiger partial charge in [0, 0.05) is 18.1 Å². The van der Waals surface area contributed by atoms with E-state index in [-0.39, 0.29) is 12.5 Å². The first kappa shape index (κ1) is 17.9. The Morgan fingerprint density at radius 1 is 1.43 bits per heavy atom. The van der Waals surface area contributed by atoms with Gasteiger partial charge in [-0.2, -0.15) is 0 Å². The molecule has 118 valence electrons. The van der Waals surface area contributed by atoms with Crippen LogP contribution in [0.2, 0.25) is 0 Å². The minimum atomic E-state index is -3.57. The maximum atomic E-state index is 11.9. The monoisotopic (exact) mass is 378 g/mol. The summed E-state index contributed by atoms with van der Waals surface area (Å²) in [5, 5.41) is 2.60. The van der Waals surface area contributed by atoms with Gasteiger partial charge in [-0.1, -0.05) is 6.07 Å². The number of hydrogen-bond donors (Lipinski definition) is 1. The number of nitrogens with one attached hydrogen (secondary N) is 1. The Bertz CT molecular complexity index is 604. The van der Waals surface area contributed by atoms with Crippen molar-refractivity contribution in [3.63, 3.8) is 0 Å². The zero-order valence-corrected chi connectivity index (χ0v) is 14.6. The first-order valence-corrected chi connectivity index (χ1v) is 8.89. The van der Waals surface area contributed by atoms with Crippen molar-refractivity contribution in [1.29, 1.82) is 0 Å². The molecule has 0 aliphatic rings. The molecule has 21 heavy (non-hydrogen) atoms. The topological polar surface area (TPSA) is 75.7 Å². The standard InChI is InChI=1S/C13H19BrN2O4S/c1-10-4-5-12(11(14)8-10)16(21(3,18)19)9-13(17)15-6-7-20-2/h4-5,8H,6-7,9H2,1-3H3,(H,15,17). The Hall–Kier alpha value is -1.12. The average Bonchev–Trinajstić information content (AvgIpc) is 2.36. The molecular formula is C13H19BrN2O4S. The molecular weight excluding hydrogens is 360 g/mol. The fourth-order valence-corrected chi connectivity index (χ4v) is 3.37. The van der Waals surface area contributed by atoms with Crippen molar-refractivity contribution in [2.24, 2.45) is 0 Å². The Labute approximate surface area is 133 Å². The molecule has 1 rings (SSSR count). The Morgan fingerprint density at radius 2 is 2.10 bits per heavy atom. The number of halogens is 1. The molecule has 1 N–H and O–H groups in total. The number of carbonyl (C=O) groups excluding carboxylic acids is 1. The summed E-state index contributed by atoms with van der Waals surface area (Å²) in [7, 11) is -2.04. The highest BCUT2D eigenvalue weighted by atomic mass is 79.9. The zero-order valence-electron chi connectivity index (χ0n) is 12.2. The second-order valence-electron chi connectivity index (χ2n) is 4.57. The number of carbonyl (C=O) groups is 1. The lowest BCUT2D eigenvalue weighted by Crippen LogP contribution is -2.41. The van der Waals surface area contributed by atoms with Crippen molar-refractivity contribution < 1.29 is 17.9 Å². The van der Waals surface area contributed by atoms with Gasteiger partial charge in [0.05, 0.1) is 18.6 Å². The largest absolute Gasteiger partial charge is 0.383 e. The third-order valence-corrected chi connectivity index (χ3v) is 4.45. The second kappa shape index (κ2) is 7.77. The molecule has 0 bridgehead atoms. The summed E-state index contributed by atoms with van der Waals surface area (Å²) in [6.45, 7) is 2.34. The summed E-state index contributed by atoms with van der Waals surface area (Å²) >= 11 is 3.34. The number of amides is 1. The quantitative estimate of drug-likeness (QED) is 0.725. The van der Waals surface area contributed by atoms with Crippen molar-refractivity contribution in [2.45, 2.75) is 6.92 Å². The van der Waals surface area contributed by atoms with Crippen LogP contribution in [0.1, 0.15) is 5.56 Å². The lowest BCUT2D eigenvalue weighted by atomic mass is 10.2. The molecule has 8 heteroatoms. The zero-order chi connectivity index (χ0) is 16.0. The lowest BCUT2D eigenvalue weighted by Gasteiger charge is -2.23. The molecule has 6 nitrogen and oxygen atoms in total. The maximum Gasteiger partial charge on any atom is 0.240 e. The van der Waals surface area contributed by atoms with Crippen LogP contribution in [0.5, 0.6) is 0 Å². The van der Waals surface area contributed by atoms with Gasteiger partial charge >= 0.3 is 0 Å². The SMILES string of the molecule is COCCNC(=O)CN(c1ccc(C)cc1Br)S(C)(=O)=O. The number of sulfonamides is 1. The first-order valence-electron chi connectivity index (χ1n) is 6.25. The summed E-state index contributed by atoms with van der Waals surface area (Å²) in [6, 6.07) is 5.26. The molecule has 0 unspecified atom stereocenters. The van der Waals surface area contributed by atoms with E-state index in [0.717, 1.165) is 16.1 Å². The Morgan fingerprint density at radius 3 is 2.62 bits per heavy atom. The van der Waals surface area contributed by atoms with E-state index in [2.05, 4.69) is 21.2 Å². The van der Waals surface area contributed by atoms with Crippen LogP contribution in [0, 0.1) is 6.92 Å². The van der Waals surface area contributed by atoms with Gasteiger partial charge in [-0.3, -0.25) is 9.10 Å². The minimum absolute atomic E-state index is 0.274. The lowest BCUT2D eigenvalue weighted by molar-refractivity contribution is -0.119. The van der Waals surface area contributed by atoms with E-state index in [1.807, 2.05) is 6.92 Å². The minimum Gasteiger partial charge on any atom is -0.383 e. The predicted octanol–water partition coefficient (Wildman–Crippen LogP) is 1.29. The van der Waals surface area contributed by atoms with E-state index < -0.39 is 10.0 Å². The molecule has 0 aliphatic heterocycles. The van der Waals surface area contributed by atoms with E-state index in [0.29, 0.717) is 23.3 Å². The summed E-state index contributed by atoms with van der Waals surface area (Å²) in [5.41, 5.74) is 1.42. The Kier molecular flexibility index (Phi) is 6.63. The summed E-state index contributed by atoms with van der Waals surface area (Å²) in [4.78, 5) is 11.8. The van der Waals surface area contributed by atoms with Crippen LogP contribution < -0.4 is 9.62 Å². The number of aryl methyl sites for hydroxylation is 1. The number of anilines is 1. The first-order chi connectivity index (χ1) is 9.75. The number of methoxy groups -OCH3 is 1. The highest BCUT2D eigenvalue weighted by Gasteiger charge is 2.22. The molecule has 1 aromatic rings. The molecule has 0 aliphatic carbocycles. The van der Waals surface area contributed by atoms with Crippen LogP contribution in [-0.4, -0.2) is 47.4 Å². The molecule has 0 saturated carbocycles. The second-order valence-corrected chi connectivity index (χ2v) is 7.33. The number of hydrogen-bond acceptors (Lipinski definition) is 4. The van der Waals surface area contributed by atoms with Crippen molar-refractivity contribution in [1.82, 2.24) is 5.32 Å². The number of rotatable bonds is 7. The molecule has 0 heterocycles. The molecule has 0 radical (unpaired) electrons. The smallest absolute Gasteiger partial charge is 0.240 e. The van der Waals surface area contributed by atoms with Crippen LogP contribution >= 0.6 is 15.9 Å². The fourth-order valence-electron chi connectivity index (χ4n) is 1.67. The molecule has 0 saturated heterocycles. The maximum absolute atomic E-state index is 11.9. The van der Waals surface area contributed by atoms with Gasteiger partial charge in [0.15, 0.2) is 0 Å². The molecule has 0 spiro atoms. The van der Waals surface area contributed by atoms with Gasteiger partial charge in [-0.15, -0.1) is 0 Å². The van der Waals surface area contributed by atoms with Gasteiger partial charge in [-0.25, -0.2) is 8.42 Å². The van der Waals surface area contributed by atoms with Gasteiger partial charge in [0.2, 0.25) is 15.9 Å². The fraction of sp³-hybridized carbons (Fsp3) is 0.462. The van der Waals surface area contributed by atoms with E-state index in [1.54, 1.807) is 18.2 Å². The molecule has 0 atom stereocenters. The van der Waals surface area contributed by atoms with Crippen molar-refractivity contribution in [3.05, 3.63) is 28.2 Å². The number of benzene rings is 1. The summed E-state index contributed by atoms with van der Waals surface area (Å²) in [6.07, 6.45) is 1.07. The van der Waals surface area contributed by atoms with E-state index in [4.69, 9.17) is 4.74 Å². The van der Waals surface area contributed by atoms with Crippen LogP contribution in [0.25, 0.3) is 0 Å².